The van der Waals surface area contributed by atoms with Crippen LogP contribution in [-0.4, -0.2) is 39.3 Å². The van der Waals surface area contributed by atoms with E-state index >= 15 is 0 Å². The lowest BCUT2D eigenvalue weighted by Gasteiger charge is -2.45. The summed E-state index contributed by atoms with van der Waals surface area (Å²) in [5.41, 5.74) is 5.91. The molecule has 4 N–H and O–H groups in total. The molecule has 4 unspecified atom stereocenters. The maximum atomic E-state index is 11.6. The Bertz CT molecular complexity index is 357. The van der Waals surface area contributed by atoms with Crippen molar-refractivity contribution in [1.29, 1.82) is 0 Å². The molecule has 2 rings (SSSR count). The average Bonchev–Trinajstić information content (AvgIpc) is 2.56. The molecule has 1 aliphatic carbocycles. The molecule has 1 aliphatic heterocycles. The summed E-state index contributed by atoms with van der Waals surface area (Å²) >= 11 is 0. The van der Waals surface area contributed by atoms with Crippen LogP contribution in [0.25, 0.3) is 0 Å². The van der Waals surface area contributed by atoms with Gasteiger partial charge in [0.25, 0.3) is 10.2 Å². The number of fused-ring (bicyclic) bond motifs is 1. The first-order chi connectivity index (χ1) is 7.41. The molecule has 0 spiro atoms. The molecular formula is C9H19N3O3S. The largest absolute Gasteiger partial charge is 0.376 e. The van der Waals surface area contributed by atoms with E-state index in [4.69, 9.17) is 10.5 Å². The molecule has 1 saturated carbocycles. The molecule has 2 fully saturated rings. The molecule has 94 valence electrons. The van der Waals surface area contributed by atoms with E-state index in [1.807, 2.05) is 0 Å². The van der Waals surface area contributed by atoms with Gasteiger partial charge in [0.15, 0.2) is 0 Å². The van der Waals surface area contributed by atoms with Crippen molar-refractivity contribution in [3.05, 3.63) is 0 Å². The standard InChI is InChI=1S/C9H19N3O3S/c1-5(2)11-16(13,14)12-8-7(10)6-3-4-15-9(6)8/h5-9,11-12H,3-4,10H2,1-2H3. The molecule has 0 radical (unpaired) electrons. The van der Waals surface area contributed by atoms with Crippen LogP contribution in [0.1, 0.15) is 20.3 Å². The van der Waals surface area contributed by atoms with Crippen molar-refractivity contribution in [1.82, 2.24) is 9.44 Å². The van der Waals surface area contributed by atoms with E-state index in [0.29, 0.717) is 12.5 Å². The van der Waals surface area contributed by atoms with Crippen LogP contribution in [0.5, 0.6) is 0 Å². The Morgan fingerprint density at radius 1 is 1.44 bits per heavy atom. The molecule has 4 atom stereocenters. The molecule has 6 nitrogen and oxygen atoms in total. The van der Waals surface area contributed by atoms with Crippen LogP contribution < -0.4 is 15.2 Å². The summed E-state index contributed by atoms with van der Waals surface area (Å²) < 4.78 is 33.8. The zero-order valence-electron chi connectivity index (χ0n) is 9.51. The summed E-state index contributed by atoms with van der Waals surface area (Å²) in [5, 5.41) is 0. The highest BCUT2D eigenvalue weighted by molar-refractivity contribution is 7.87. The van der Waals surface area contributed by atoms with E-state index in [0.717, 1.165) is 6.42 Å². The minimum absolute atomic E-state index is 0.0428. The monoisotopic (exact) mass is 249 g/mol. The number of nitrogens with one attached hydrogen (secondary N) is 2. The van der Waals surface area contributed by atoms with E-state index < -0.39 is 10.2 Å². The van der Waals surface area contributed by atoms with Crippen LogP contribution in [0, 0.1) is 5.92 Å². The molecule has 0 aromatic carbocycles. The zero-order chi connectivity index (χ0) is 11.9. The van der Waals surface area contributed by atoms with Crippen LogP contribution in [0.3, 0.4) is 0 Å². The molecule has 0 bridgehead atoms. The van der Waals surface area contributed by atoms with Gasteiger partial charge in [0.1, 0.15) is 0 Å². The highest BCUT2D eigenvalue weighted by atomic mass is 32.2. The fourth-order valence-corrected chi connectivity index (χ4v) is 3.76. The maximum Gasteiger partial charge on any atom is 0.277 e. The Hall–Kier alpha value is -0.210. The molecule has 1 heterocycles. The lowest BCUT2D eigenvalue weighted by Crippen LogP contribution is -2.69. The number of nitrogens with two attached hydrogens (primary N) is 1. The van der Waals surface area contributed by atoms with E-state index in [1.54, 1.807) is 13.8 Å². The number of rotatable bonds is 4. The lowest BCUT2D eigenvalue weighted by atomic mass is 9.73. The van der Waals surface area contributed by atoms with Gasteiger partial charge in [-0.1, -0.05) is 0 Å². The minimum atomic E-state index is -3.47. The van der Waals surface area contributed by atoms with Crippen molar-refractivity contribution >= 4 is 10.2 Å². The second kappa shape index (κ2) is 4.23. The van der Waals surface area contributed by atoms with E-state index in [1.165, 1.54) is 0 Å². The van der Waals surface area contributed by atoms with Gasteiger partial charge >= 0.3 is 0 Å². The number of hydrogen-bond acceptors (Lipinski definition) is 4. The van der Waals surface area contributed by atoms with Crippen molar-refractivity contribution < 1.29 is 13.2 Å². The predicted molar refractivity (Wildman–Crippen MR) is 59.9 cm³/mol. The van der Waals surface area contributed by atoms with Crippen molar-refractivity contribution in [2.24, 2.45) is 11.7 Å². The summed E-state index contributed by atoms with van der Waals surface area (Å²) in [7, 11) is -3.47. The van der Waals surface area contributed by atoms with Gasteiger partial charge in [0.05, 0.1) is 12.1 Å². The Balaban J connectivity index is 1.95. The molecule has 16 heavy (non-hydrogen) atoms. The maximum absolute atomic E-state index is 11.6. The van der Waals surface area contributed by atoms with Gasteiger partial charge in [0, 0.05) is 24.6 Å². The molecular weight excluding hydrogens is 230 g/mol. The van der Waals surface area contributed by atoms with Gasteiger partial charge < -0.3 is 10.5 Å². The molecule has 0 aromatic heterocycles. The highest BCUT2D eigenvalue weighted by Crippen LogP contribution is 2.37. The first kappa shape index (κ1) is 12.3. The van der Waals surface area contributed by atoms with Crippen LogP contribution in [0.15, 0.2) is 0 Å². The summed E-state index contributed by atoms with van der Waals surface area (Å²) in [6.45, 7) is 4.22. The van der Waals surface area contributed by atoms with Gasteiger partial charge in [-0.15, -0.1) is 0 Å². The molecule has 7 heteroatoms. The Morgan fingerprint density at radius 3 is 2.75 bits per heavy atom. The molecule has 0 amide bonds. The third-order valence-electron chi connectivity index (χ3n) is 3.13. The predicted octanol–water partition coefficient (Wildman–Crippen LogP) is -1.07. The summed E-state index contributed by atoms with van der Waals surface area (Å²) in [5.74, 6) is 0.312. The van der Waals surface area contributed by atoms with Crippen molar-refractivity contribution in [2.75, 3.05) is 6.61 Å². The van der Waals surface area contributed by atoms with Gasteiger partial charge in [-0.2, -0.15) is 17.9 Å². The smallest absolute Gasteiger partial charge is 0.277 e. The highest BCUT2D eigenvalue weighted by Gasteiger charge is 2.53. The Labute approximate surface area is 96.1 Å². The third kappa shape index (κ3) is 2.23. The van der Waals surface area contributed by atoms with Crippen LogP contribution in [-0.2, 0) is 14.9 Å². The fourth-order valence-electron chi connectivity index (χ4n) is 2.42. The SMILES string of the molecule is CC(C)NS(=O)(=O)NC1C(N)C2CCOC21. The Morgan fingerprint density at radius 2 is 2.12 bits per heavy atom. The quantitative estimate of drug-likeness (QED) is 0.591. The van der Waals surface area contributed by atoms with Gasteiger partial charge in [-0.3, -0.25) is 0 Å². The topological polar surface area (TPSA) is 93.5 Å². The van der Waals surface area contributed by atoms with Crippen LogP contribution in [0.2, 0.25) is 0 Å². The normalized spacial score (nSPS) is 38.5. The molecule has 2 aliphatic rings. The second-order valence-corrected chi connectivity index (χ2v) is 6.26. The molecule has 0 aromatic rings. The number of ether oxygens (including phenoxy) is 1. The first-order valence-corrected chi connectivity index (χ1v) is 7.06. The second-order valence-electron chi connectivity index (χ2n) is 4.78. The van der Waals surface area contributed by atoms with Crippen molar-refractivity contribution in [3.8, 4) is 0 Å². The first-order valence-electron chi connectivity index (χ1n) is 5.57. The number of hydrogen-bond donors (Lipinski definition) is 3. The Kier molecular flexibility index (Phi) is 3.24. The average molecular weight is 249 g/mol. The summed E-state index contributed by atoms with van der Waals surface area (Å²) in [4.78, 5) is 0. The van der Waals surface area contributed by atoms with Gasteiger partial charge in [-0.25, -0.2) is 0 Å². The third-order valence-corrected chi connectivity index (χ3v) is 4.49. The van der Waals surface area contributed by atoms with Crippen molar-refractivity contribution in [3.63, 3.8) is 0 Å². The van der Waals surface area contributed by atoms with Gasteiger partial charge in [-0.05, 0) is 20.3 Å². The van der Waals surface area contributed by atoms with E-state index in [2.05, 4.69) is 9.44 Å². The van der Waals surface area contributed by atoms with Crippen molar-refractivity contribution in [2.45, 2.75) is 44.5 Å². The van der Waals surface area contributed by atoms with E-state index in [9.17, 15) is 8.42 Å². The van der Waals surface area contributed by atoms with Crippen LogP contribution in [0.4, 0.5) is 0 Å². The summed E-state index contributed by atoms with van der Waals surface area (Å²) in [6.07, 6.45) is 0.889. The fraction of sp³-hybridized carbons (Fsp3) is 1.00. The summed E-state index contributed by atoms with van der Waals surface area (Å²) in [6, 6.07) is -0.547. The minimum Gasteiger partial charge on any atom is -0.376 e. The van der Waals surface area contributed by atoms with Crippen LogP contribution >= 0.6 is 0 Å². The zero-order valence-corrected chi connectivity index (χ0v) is 10.3. The molecule has 1 saturated heterocycles. The van der Waals surface area contributed by atoms with E-state index in [-0.39, 0.29) is 24.2 Å². The van der Waals surface area contributed by atoms with Gasteiger partial charge in [0.2, 0.25) is 0 Å². The lowest BCUT2D eigenvalue weighted by molar-refractivity contribution is -0.00938.